The number of nitrogens with one attached hydrogen (secondary N) is 1. The van der Waals surface area contributed by atoms with Crippen LogP contribution in [0.3, 0.4) is 0 Å². The van der Waals surface area contributed by atoms with Crippen LogP contribution in [0.1, 0.15) is 6.92 Å². The molecule has 1 aliphatic rings. The van der Waals surface area contributed by atoms with Crippen molar-refractivity contribution in [3.05, 3.63) is 23.6 Å². The molecule has 7 heteroatoms. The second-order valence-corrected chi connectivity index (χ2v) is 3.04. The van der Waals surface area contributed by atoms with Crippen molar-refractivity contribution in [3.8, 4) is 0 Å². The maximum atomic E-state index is 11.1. The van der Waals surface area contributed by atoms with Crippen LogP contribution in [0.15, 0.2) is 23.6 Å². The summed E-state index contributed by atoms with van der Waals surface area (Å²) in [5, 5.41) is 2.10. The Morgan fingerprint density at radius 3 is 2.76 bits per heavy atom. The largest absolute Gasteiger partial charge is 0.464 e. The number of hydrogen-bond donors (Lipinski definition) is 1. The molecule has 7 nitrogen and oxygen atoms in total. The lowest BCUT2D eigenvalue weighted by Gasteiger charge is -2.09. The van der Waals surface area contributed by atoms with Crippen molar-refractivity contribution in [1.29, 1.82) is 0 Å². The van der Waals surface area contributed by atoms with E-state index in [0.29, 0.717) is 12.0 Å². The summed E-state index contributed by atoms with van der Waals surface area (Å²) in [6, 6.07) is 0. The predicted molar refractivity (Wildman–Crippen MR) is 54.0 cm³/mol. The number of rotatable bonds is 5. The Morgan fingerprint density at radius 1 is 1.59 bits per heavy atom. The van der Waals surface area contributed by atoms with E-state index in [-0.39, 0.29) is 5.70 Å². The molecule has 0 saturated carbocycles. The van der Waals surface area contributed by atoms with Crippen molar-refractivity contribution in [3.63, 3.8) is 0 Å². The highest BCUT2D eigenvalue weighted by molar-refractivity contribution is 5.90. The van der Waals surface area contributed by atoms with Crippen LogP contribution < -0.4 is 5.32 Å². The van der Waals surface area contributed by atoms with Crippen molar-refractivity contribution in [1.82, 2.24) is 5.32 Å². The van der Waals surface area contributed by atoms with Gasteiger partial charge in [-0.15, -0.1) is 0 Å². The lowest BCUT2D eigenvalue weighted by atomic mass is 10.3. The van der Waals surface area contributed by atoms with Crippen LogP contribution in [0.2, 0.25) is 0 Å². The Morgan fingerprint density at radius 2 is 2.29 bits per heavy atom. The lowest BCUT2D eigenvalue weighted by molar-refractivity contribution is -0.152. The molecule has 1 atom stereocenters. The molecule has 1 amide bonds. The smallest absolute Gasteiger partial charge is 0.357 e. The number of methoxy groups -OCH3 is 1. The van der Waals surface area contributed by atoms with E-state index in [1.54, 1.807) is 6.92 Å². The van der Waals surface area contributed by atoms with Gasteiger partial charge < -0.3 is 19.5 Å². The van der Waals surface area contributed by atoms with Gasteiger partial charge in [0.2, 0.25) is 6.41 Å². The summed E-state index contributed by atoms with van der Waals surface area (Å²) in [5.41, 5.74) is 0.211. The Hall–Kier alpha value is -2.31. The first-order chi connectivity index (χ1) is 8.08. The SMILES string of the molecule is COC(=O)/C(=C\O[C@@H]1C=C(C)C(=O)O1)NC=O. The summed E-state index contributed by atoms with van der Waals surface area (Å²) < 4.78 is 14.1. The third-order valence-corrected chi connectivity index (χ3v) is 1.87. The zero-order valence-electron chi connectivity index (χ0n) is 9.26. The van der Waals surface area contributed by atoms with E-state index in [2.05, 4.69) is 10.1 Å². The molecule has 1 aliphatic heterocycles. The number of hydrogen-bond acceptors (Lipinski definition) is 6. The van der Waals surface area contributed by atoms with Gasteiger partial charge in [-0.05, 0) is 6.92 Å². The molecule has 0 spiro atoms. The number of cyclic esters (lactones) is 1. The quantitative estimate of drug-likeness (QED) is 0.304. The van der Waals surface area contributed by atoms with E-state index in [0.717, 1.165) is 13.4 Å². The fraction of sp³-hybridized carbons (Fsp3) is 0.300. The van der Waals surface area contributed by atoms with Gasteiger partial charge in [-0.25, -0.2) is 9.59 Å². The maximum Gasteiger partial charge on any atom is 0.357 e. The van der Waals surface area contributed by atoms with Crippen molar-refractivity contribution < 1.29 is 28.6 Å². The summed E-state index contributed by atoms with van der Waals surface area (Å²) in [4.78, 5) is 32.3. The van der Waals surface area contributed by atoms with Gasteiger partial charge in [0.1, 0.15) is 6.26 Å². The van der Waals surface area contributed by atoms with Gasteiger partial charge in [-0.3, -0.25) is 4.79 Å². The first kappa shape index (κ1) is 12.8. The molecule has 0 radical (unpaired) electrons. The molecule has 1 N–H and O–H groups in total. The molecule has 0 saturated heterocycles. The first-order valence-corrected chi connectivity index (χ1v) is 4.62. The van der Waals surface area contributed by atoms with Crippen molar-refractivity contribution in [2.45, 2.75) is 13.2 Å². The second-order valence-electron chi connectivity index (χ2n) is 3.04. The Balaban J connectivity index is 2.64. The summed E-state index contributed by atoms with van der Waals surface area (Å²) in [6.07, 6.45) is 1.78. The molecule has 0 aliphatic carbocycles. The average molecular weight is 241 g/mol. The number of esters is 2. The van der Waals surface area contributed by atoms with E-state index in [1.807, 2.05) is 0 Å². The van der Waals surface area contributed by atoms with Crippen LogP contribution in [0.25, 0.3) is 0 Å². The summed E-state index contributed by atoms with van der Waals surface area (Å²) in [6.45, 7) is 1.57. The normalized spacial score (nSPS) is 19.2. The third kappa shape index (κ3) is 3.33. The zero-order valence-corrected chi connectivity index (χ0v) is 9.26. The lowest BCUT2D eigenvalue weighted by Crippen LogP contribution is -2.21. The van der Waals surface area contributed by atoms with Crippen LogP contribution in [0, 0.1) is 0 Å². The topological polar surface area (TPSA) is 90.9 Å². The van der Waals surface area contributed by atoms with Crippen LogP contribution in [0.4, 0.5) is 0 Å². The molecule has 0 aromatic carbocycles. The predicted octanol–water partition coefficient (Wildman–Crippen LogP) is -0.407. The maximum absolute atomic E-state index is 11.1. The number of amides is 1. The highest BCUT2D eigenvalue weighted by Crippen LogP contribution is 2.14. The molecule has 1 heterocycles. The number of carbonyl (C=O) groups excluding carboxylic acids is 3. The van der Waals surface area contributed by atoms with E-state index in [1.165, 1.54) is 6.08 Å². The van der Waals surface area contributed by atoms with Crippen molar-refractivity contribution in [2.75, 3.05) is 7.11 Å². The second kappa shape index (κ2) is 5.69. The van der Waals surface area contributed by atoms with Gasteiger partial charge in [0.25, 0.3) is 6.29 Å². The van der Waals surface area contributed by atoms with Crippen LogP contribution in [0.5, 0.6) is 0 Å². The van der Waals surface area contributed by atoms with E-state index < -0.39 is 18.2 Å². The minimum Gasteiger partial charge on any atom is -0.464 e. The Bertz CT molecular complexity index is 398. The molecule has 0 fully saturated rings. The minimum atomic E-state index is -0.907. The molecule has 17 heavy (non-hydrogen) atoms. The third-order valence-electron chi connectivity index (χ3n) is 1.87. The molecule has 0 aromatic rings. The first-order valence-electron chi connectivity index (χ1n) is 4.62. The van der Waals surface area contributed by atoms with Gasteiger partial charge in [0, 0.05) is 11.6 Å². The van der Waals surface area contributed by atoms with Gasteiger partial charge >= 0.3 is 11.9 Å². The monoisotopic (exact) mass is 241 g/mol. The molecule has 0 aromatic heterocycles. The highest BCUT2D eigenvalue weighted by Gasteiger charge is 2.23. The number of carbonyl (C=O) groups is 3. The molecular formula is C10H11NO6. The van der Waals surface area contributed by atoms with Gasteiger partial charge in [0.05, 0.1) is 7.11 Å². The van der Waals surface area contributed by atoms with Gasteiger partial charge in [-0.2, -0.15) is 0 Å². The summed E-state index contributed by atoms with van der Waals surface area (Å²) in [7, 11) is 1.16. The van der Waals surface area contributed by atoms with Crippen molar-refractivity contribution in [2.24, 2.45) is 0 Å². The highest BCUT2D eigenvalue weighted by atomic mass is 16.7. The standard InChI is InChI=1S/C10H11NO6/c1-6-3-8(17-9(6)13)16-4-7(11-5-12)10(14)15-2/h3-5,8H,1-2H3,(H,11,12)/b7-4+/t8-/m0/s1. The average Bonchev–Trinajstić information content (AvgIpc) is 2.63. The minimum absolute atomic E-state index is 0.198. The molecule has 92 valence electrons. The van der Waals surface area contributed by atoms with Gasteiger partial charge in [-0.1, -0.05) is 0 Å². The van der Waals surface area contributed by atoms with Crippen LogP contribution in [-0.4, -0.2) is 31.7 Å². The molecule has 0 unspecified atom stereocenters. The Kier molecular flexibility index (Phi) is 4.27. The summed E-state index contributed by atoms with van der Waals surface area (Å²) in [5.74, 6) is -1.27. The molecule has 0 bridgehead atoms. The van der Waals surface area contributed by atoms with Crippen LogP contribution in [-0.2, 0) is 28.6 Å². The fourth-order valence-corrected chi connectivity index (χ4v) is 1.02. The van der Waals surface area contributed by atoms with Crippen LogP contribution >= 0.6 is 0 Å². The summed E-state index contributed by atoms with van der Waals surface area (Å²) >= 11 is 0. The Labute approximate surface area is 97.0 Å². The molecule has 1 rings (SSSR count). The van der Waals surface area contributed by atoms with Crippen molar-refractivity contribution >= 4 is 18.3 Å². The fourth-order valence-electron chi connectivity index (χ4n) is 1.02. The zero-order chi connectivity index (χ0) is 12.8. The van der Waals surface area contributed by atoms with E-state index in [9.17, 15) is 14.4 Å². The van der Waals surface area contributed by atoms with E-state index >= 15 is 0 Å². The van der Waals surface area contributed by atoms with Gasteiger partial charge in [0.15, 0.2) is 5.70 Å². The number of ether oxygens (including phenoxy) is 3. The van der Waals surface area contributed by atoms with E-state index in [4.69, 9.17) is 9.47 Å². The molecular weight excluding hydrogens is 230 g/mol.